The summed E-state index contributed by atoms with van der Waals surface area (Å²) in [4.78, 5) is 4.41. The molecule has 0 unspecified atom stereocenters. The van der Waals surface area contributed by atoms with Gasteiger partial charge in [0.15, 0.2) is 0 Å². The van der Waals surface area contributed by atoms with Gasteiger partial charge >= 0.3 is 0 Å². The fraction of sp³-hybridized carbons (Fsp3) is 0.643. The van der Waals surface area contributed by atoms with E-state index in [1.54, 1.807) is 0 Å². The van der Waals surface area contributed by atoms with Crippen molar-refractivity contribution in [3.8, 4) is 0 Å². The van der Waals surface area contributed by atoms with Gasteiger partial charge in [-0.2, -0.15) is 0 Å². The quantitative estimate of drug-likeness (QED) is 0.637. The van der Waals surface area contributed by atoms with Crippen LogP contribution >= 0.6 is 12.4 Å². The zero-order valence-corrected chi connectivity index (χ0v) is 12.5. The molecule has 3 rings (SSSR count). The van der Waals surface area contributed by atoms with Crippen LogP contribution in [0.1, 0.15) is 12.1 Å². The van der Waals surface area contributed by atoms with Crippen LogP contribution in [-0.2, 0) is 6.42 Å². The van der Waals surface area contributed by atoms with Crippen LogP contribution in [0, 0.1) is 5.92 Å². The molecule has 0 bridgehead atoms. The first kappa shape index (κ1) is 15.5. The van der Waals surface area contributed by atoms with Gasteiger partial charge in [-0.25, -0.2) is 4.98 Å². The average Bonchev–Trinajstić information content (AvgIpc) is 3.03. The first-order valence-electron chi connectivity index (χ1n) is 7.20. The predicted octanol–water partition coefficient (Wildman–Crippen LogP) is 0.168. The monoisotopic (exact) mass is 297 g/mol. The molecule has 3 heterocycles. The van der Waals surface area contributed by atoms with Crippen molar-refractivity contribution in [2.75, 3.05) is 31.9 Å². The second-order valence-electron chi connectivity index (χ2n) is 5.64. The number of hydrogen-bond donors (Lipinski definition) is 4. The number of nitrogens with zero attached hydrogens (tertiary/aromatic N) is 1. The number of pyridine rings is 1. The van der Waals surface area contributed by atoms with Crippen molar-refractivity contribution in [2.45, 2.75) is 24.9 Å². The lowest BCUT2D eigenvalue weighted by Gasteiger charge is -2.23. The topological polar surface area (TPSA) is 75.0 Å². The third-order valence-corrected chi connectivity index (χ3v) is 4.15. The summed E-state index contributed by atoms with van der Waals surface area (Å²) in [5, 5.41) is 10.7. The summed E-state index contributed by atoms with van der Waals surface area (Å²) in [5.74, 6) is 1.22. The van der Waals surface area contributed by atoms with Gasteiger partial charge < -0.3 is 21.7 Å². The van der Waals surface area contributed by atoms with Crippen molar-refractivity contribution < 1.29 is 0 Å². The number of anilines is 1. The Labute approximate surface area is 126 Å². The van der Waals surface area contributed by atoms with Crippen LogP contribution in [0.4, 0.5) is 5.82 Å². The second-order valence-corrected chi connectivity index (χ2v) is 5.64. The van der Waals surface area contributed by atoms with E-state index in [1.807, 2.05) is 12.1 Å². The van der Waals surface area contributed by atoms with E-state index in [0.29, 0.717) is 23.8 Å². The molecular formula is C14H24ClN5. The van der Waals surface area contributed by atoms with E-state index < -0.39 is 0 Å². The van der Waals surface area contributed by atoms with E-state index >= 15 is 0 Å². The Morgan fingerprint density at radius 2 is 2.15 bits per heavy atom. The van der Waals surface area contributed by atoms with Gasteiger partial charge in [0.05, 0.1) is 0 Å². The molecule has 2 aliphatic rings. The number of rotatable bonds is 4. The zero-order chi connectivity index (χ0) is 13.1. The largest absolute Gasteiger partial charge is 0.384 e. The molecule has 1 aromatic rings. The normalized spacial score (nSPS) is 29.3. The number of aromatic nitrogens is 1. The summed E-state index contributed by atoms with van der Waals surface area (Å²) >= 11 is 0. The van der Waals surface area contributed by atoms with Crippen molar-refractivity contribution in [2.24, 2.45) is 5.92 Å². The van der Waals surface area contributed by atoms with Gasteiger partial charge in [-0.15, -0.1) is 12.4 Å². The van der Waals surface area contributed by atoms with Crippen molar-refractivity contribution in [3.05, 3.63) is 23.9 Å². The van der Waals surface area contributed by atoms with E-state index in [9.17, 15) is 0 Å². The van der Waals surface area contributed by atoms with Crippen LogP contribution in [0.15, 0.2) is 18.2 Å². The summed E-state index contributed by atoms with van der Waals surface area (Å²) in [6, 6.07) is 7.08. The Morgan fingerprint density at radius 1 is 1.25 bits per heavy atom. The summed E-state index contributed by atoms with van der Waals surface area (Å²) in [5.41, 5.74) is 6.85. The summed E-state index contributed by atoms with van der Waals surface area (Å²) in [6.45, 7) is 4.36. The fourth-order valence-corrected chi connectivity index (χ4v) is 3.12. The molecule has 1 aromatic heterocycles. The Hall–Kier alpha value is -0.880. The molecule has 6 heteroatoms. The lowest BCUT2D eigenvalue weighted by Crippen LogP contribution is -2.44. The second kappa shape index (κ2) is 7.22. The third kappa shape index (κ3) is 3.82. The molecule has 0 spiro atoms. The van der Waals surface area contributed by atoms with Crippen molar-refractivity contribution in [1.29, 1.82) is 0 Å². The molecule has 0 saturated carbocycles. The molecule has 0 amide bonds. The number of nitrogens with two attached hydrogens (primary N) is 1. The molecule has 3 atom stereocenters. The third-order valence-electron chi connectivity index (χ3n) is 4.15. The van der Waals surface area contributed by atoms with Crippen LogP contribution in [0.2, 0.25) is 0 Å². The Balaban J connectivity index is 0.00000147. The molecule has 5 nitrogen and oxygen atoms in total. The van der Waals surface area contributed by atoms with E-state index in [0.717, 1.165) is 38.3 Å². The van der Waals surface area contributed by atoms with Crippen LogP contribution in [-0.4, -0.2) is 43.2 Å². The van der Waals surface area contributed by atoms with E-state index in [2.05, 4.69) is 27.0 Å². The molecule has 0 aromatic carbocycles. The highest BCUT2D eigenvalue weighted by Gasteiger charge is 2.30. The first-order chi connectivity index (χ1) is 9.31. The fourth-order valence-electron chi connectivity index (χ4n) is 3.12. The summed E-state index contributed by atoms with van der Waals surface area (Å²) in [7, 11) is 0. The van der Waals surface area contributed by atoms with Gasteiger partial charge in [0.2, 0.25) is 0 Å². The number of hydrogen-bond acceptors (Lipinski definition) is 5. The minimum atomic E-state index is 0. The number of halogens is 1. The molecule has 2 aliphatic heterocycles. The Bertz CT molecular complexity index is 422. The average molecular weight is 298 g/mol. The van der Waals surface area contributed by atoms with Gasteiger partial charge in [-0.1, -0.05) is 6.07 Å². The Morgan fingerprint density at radius 3 is 2.90 bits per heavy atom. The lowest BCUT2D eigenvalue weighted by atomic mass is 9.96. The van der Waals surface area contributed by atoms with Gasteiger partial charge in [0.1, 0.15) is 5.82 Å². The van der Waals surface area contributed by atoms with Gasteiger partial charge in [0, 0.05) is 30.9 Å². The molecule has 2 saturated heterocycles. The highest BCUT2D eigenvalue weighted by atomic mass is 35.5. The minimum Gasteiger partial charge on any atom is -0.384 e. The van der Waals surface area contributed by atoms with Crippen molar-refractivity contribution in [3.63, 3.8) is 0 Å². The highest BCUT2D eigenvalue weighted by molar-refractivity contribution is 5.85. The molecular weight excluding hydrogens is 274 g/mol. The zero-order valence-electron chi connectivity index (χ0n) is 11.6. The highest BCUT2D eigenvalue weighted by Crippen LogP contribution is 2.17. The maximum Gasteiger partial charge on any atom is 0.123 e. The molecule has 0 radical (unpaired) electrons. The van der Waals surface area contributed by atoms with Crippen molar-refractivity contribution >= 4 is 18.2 Å². The lowest BCUT2D eigenvalue weighted by molar-refractivity contribution is 0.381. The minimum absolute atomic E-state index is 0. The number of nitrogens with one attached hydrogen (secondary N) is 3. The first-order valence-corrected chi connectivity index (χ1v) is 7.20. The van der Waals surface area contributed by atoms with Gasteiger partial charge in [-0.05, 0) is 44.0 Å². The molecule has 112 valence electrons. The smallest absolute Gasteiger partial charge is 0.123 e. The molecule has 5 N–H and O–H groups in total. The molecule has 2 fully saturated rings. The van der Waals surface area contributed by atoms with Crippen molar-refractivity contribution in [1.82, 2.24) is 20.9 Å². The van der Waals surface area contributed by atoms with E-state index in [1.165, 1.54) is 6.42 Å². The van der Waals surface area contributed by atoms with Gasteiger partial charge in [0.25, 0.3) is 0 Å². The SMILES string of the molecule is Cl.Nc1cccc(C[C@H]2CNC[C@H]2N[C@H]2CCNC2)n1. The maximum absolute atomic E-state index is 5.75. The van der Waals surface area contributed by atoms with E-state index in [4.69, 9.17) is 5.73 Å². The maximum atomic E-state index is 5.75. The standard InChI is InChI=1S/C14H23N5.ClH/c15-14-3-1-2-11(19-14)6-10-7-17-9-13(10)18-12-4-5-16-8-12;/h1-3,10,12-13,16-18H,4-9H2,(H2,15,19);1H/t10-,12-,13+;/m0./s1. The van der Waals surface area contributed by atoms with Gasteiger partial charge in [-0.3, -0.25) is 0 Å². The van der Waals surface area contributed by atoms with Crippen LogP contribution in [0.25, 0.3) is 0 Å². The predicted molar refractivity (Wildman–Crippen MR) is 84.2 cm³/mol. The molecule has 0 aliphatic carbocycles. The summed E-state index contributed by atoms with van der Waals surface area (Å²) in [6.07, 6.45) is 2.23. The van der Waals surface area contributed by atoms with Crippen LogP contribution in [0.3, 0.4) is 0 Å². The van der Waals surface area contributed by atoms with E-state index in [-0.39, 0.29) is 12.4 Å². The summed E-state index contributed by atoms with van der Waals surface area (Å²) < 4.78 is 0. The molecule has 20 heavy (non-hydrogen) atoms. The van der Waals surface area contributed by atoms with Crippen LogP contribution in [0.5, 0.6) is 0 Å². The Kier molecular flexibility index (Phi) is 5.60. The van der Waals surface area contributed by atoms with Crippen LogP contribution < -0.4 is 21.7 Å². The number of nitrogen functional groups attached to an aromatic ring is 1.